The van der Waals surface area contributed by atoms with Crippen molar-refractivity contribution in [3.05, 3.63) is 66.1 Å². The third-order valence-electron chi connectivity index (χ3n) is 5.59. The van der Waals surface area contributed by atoms with Gasteiger partial charge in [0.15, 0.2) is 0 Å². The molecule has 1 aliphatic heterocycles. The second kappa shape index (κ2) is 9.00. The van der Waals surface area contributed by atoms with Crippen LogP contribution in [0.25, 0.3) is 5.65 Å². The van der Waals surface area contributed by atoms with Crippen molar-refractivity contribution in [2.45, 2.75) is 44.9 Å². The van der Waals surface area contributed by atoms with Crippen LogP contribution in [0.4, 0.5) is 0 Å². The standard InChI is InChI=1S/C24H28N4O4/c1-24(2,31)23(30)28-12-8-20(9-13-28)32-19-5-3-18(4-6-19)22(29)26-16-17-7-11-27-14-10-25-21(27)15-17/h3-7,10-11,14-15,20,31H,8-9,12-13,16H2,1-2H3,(H,26,29). The highest BCUT2D eigenvalue weighted by atomic mass is 16.5. The minimum atomic E-state index is -1.35. The summed E-state index contributed by atoms with van der Waals surface area (Å²) in [5.74, 6) is 0.285. The van der Waals surface area contributed by atoms with Crippen molar-refractivity contribution in [2.75, 3.05) is 13.1 Å². The van der Waals surface area contributed by atoms with E-state index < -0.39 is 5.60 Å². The molecule has 0 unspecified atom stereocenters. The Hall–Kier alpha value is -3.39. The molecule has 1 fully saturated rings. The van der Waals surface area contributed by atoms with E-state index in [1.807, 2.05) is 28.9 Å². The zero-order valence-corrected chi connectivity index (χ0v) is 18.3. The van der Waals surface area contributed by atoms with Gasteiger partial charge >= 0.3 is 0 Å². The first kappa shape index (κ1) is 21.8. The fourth-order valence-corrected chi connectivity index (χ4v) is 3.79. The number of likely N-dealkylation sites (tertiary alicyclic amines) is 1. The first-order chi connectivity index (χ1) is 15.3. The highest BCUT2D eigenvalue weighted by Crippen LogP contribution is 2.21. The van der Waals surface area contributed by atoms with Crippen LogP contribution in [0.2, 0.25) is 0 Å². The fraction of sp³-hybridized carbons (Fsp3) is 0.375. The van der Waals surface area contributed by atoms with Gasteiger partial charge in [0.05, 0.1) is 0 Å². The Morgan fingerprint density at radius 3 is 2.56 bits per heavy atom. The number of rotatable bonds is 6. The monoisotopic (exact) mass is 436 g/mol. The number of pyridine rings is 1. The predicted molar refractivity (Wildman–Crippen MR) is 119 cm³/mol. The van der Waals surface area contributed by atoms with Crippen LogP contribution in [0.5, 0.6) is 5.75 Å². The zero-order chi connectivity index (χ0) is 22.7. The number of nitrogens with one attached hydrogen (secondary N) is 1. The number of carbonyl (C=O) groups is 2. The lowest BCUT2D eigenvalue weighted by Gasteiger charge is -2.35. The van der Waals surface area contributed by atoms with Gasteiger partial charge in [-0.2, -0.15) is 0 Å². The van der Waals surface area contributed by atoms with Crippen molar-refractivity contribution in [1.29, 1.82) is 0 Å². The maximum Gasteiger partial charge on any atom is 0.253 e. The minimum Gasteiger partial charge on any atom is -0.490 e. The second-order valence-electron chi connectivity index (χ2n) is 8.60. The molecular weight excluding hydrogens is 408 g/mol. The molecule has 1 aliphatic rings. The van der Waals surface area contributed by atoms with Gasteiger partial charge in [0.2, 0.25) is 0 Å². The van der Waals surface area contributed by atoms with Gasteiger partial charge in [0, 0.05) is 56.6 Å². The number of ether oxygens (including phenoxy) is 1. The van der Waals surface area contributed by atoms with Gasteiger partial charge in [0.1, 0.15) is 23.1 Å². The van der Waals surface area contributed by atoms with Crippen molar-refractivity contribution in [1.82, 2.24) is 19.6 Å². The Morgan fingerprint density at radius 2 is 1.88 bits per heavy atom. The van der Waals surface area contributed by atoms with E-state index in [9.17, 15) is 14.7 Å². The molecule has 3 aromatic rings. The molecule has 1 saturated heterocycles. The van der Waals surface area contributed by atoms with E-state index in [1.165, 1.54) is 13.8 Å². The molecule has 0 bridgehead atoms. The average Bonchev–Trinajstić information content (AvgIpc) is 3.25. The molecule has 8 heteroatoms. The third-order valence-corrected chi connectivity index (χ3v) is 5.59. The molecule has 1 aromatic carbocycles. The molecule has 0 aliphatic carbocycles. The molecule has 8 nitrogen and oxygen atoms in total. The van der Waals surface area contributed by atoms with Gasteiger partial charge in [0.25, 0.3) is 11.8 Å². The molecule has 0 atom stereocenters. The highest BCUT2D eigenvalue weighted by molar-refractivity contribution is 5.94. The number of hydrogen-bond donors (Lipinski definition) is 2. The number of aromatic nitrogens is 2. The molecule has 0 spiro atoms. The zero-order valence-electron chi connectivity index (χ0n) is 18.3. The van der Waals surface area contributed by atoms with E-state index in [1.54, 1.807) is 35.4 Å². The summed E-state index contributed by atoms with van der Waals surface area (Å²) in [5, 5.41) is 12.8. The Morgan fingerprint density at radius 1 is 1.16 bits per heavy atom. The average molecular weight is 437 g/mol. The molecule has 2 amide bonds. The van der Waals surface area contributed by atoms with Crippen LogP contribution in [0.3, 0.4) is 0 Å². The summed E-state index contributed by atoms with van der Waals surface area (Å²) in [5.41, 5.74) is 1.03. The SMILES string of the molecule is CC(C)(O)C(=O)N1CCC(Oc2ccc(C(=O)NCc3ccn4ccnc4c3)cc2)CC1. The van der Waals surface area contributed by atoms with E-state index in [-0.39, 0.29) is 17.9 Å². The second-order valence-corrected chi connectivity index (χ2v) is 8.60. The maximum absolute atomic E-state index is 12.5. The Kier molecular flexibility index (Phi) is 6.14. The lowest BCUT2D eigenvalue weighted by Crippen LogP contribution is -2.49. The number of aliphatic hydroxyl groups is 1. The largest absolute Gasteiger partial charge is 0.490 e. The van der Waals surface area contributed by atoms with Crippen molar-refractivity contribution >= 4 is 17.5 Å². The first-order valence-corrected chi connectivity index (χ1v) is 10.8. The molecule has 168 valence electrons. The molecule has 2 aromatic heterocycles. The maximum atomic E-state index is 12.5. The number of benzene rings is 1. The van der Waals surface area contributed by atoms with Crippen LogP contribution in [-0.2, 0) is 11.3 Å². The van der Waals surface area contributed by atoms with Gasteiger partial charge < -0.3 is 24.5 Å². The fourth-order valence-electron chi connectivity index (χ4n) is 3.79. The molecule has 0 radical (unpaired) electrons. The van der Waals surface area contributed by atoms with Gasteiger partial charge in [-0.15, -0.1) is 0 Å². The number of amides is 2. The first-order valence-electron chi connectivity index (χ1n) is 10.8. The summed E-state index contributed by atoms with van der Waals surface area (Å²) >= 11 is 0. The molecular formula is C24H28N4O4. The molecule has 2 N–H and O–H groups in total. The smallest absolute Gasteiger partial charge is 0.253 e. The molecule has 4 rings (SSSR count). The van der Waals surface area contributed by atoms with Crippen LogP contribution < -0.4 is 10.1 Å². The minimum absolute atomic E-state index is 0.00175. The molecule has 0 saturated carbocycles. The summed E-state index contributed by atoms with van der Waals surface area (Å²) in [6.07, 6.45) is 6.93. The van der Waals surface area contributed by atoms with Crippen LogP contribution in [0.1, 0.15) is 42.6 Å². The van der Waals surface area contributed by atoms with E-state index in [4.69, 9.17) is 4.74 Å². The highest BCUT2D eigenvalue weighted by Gasteiger charge is 2.32. The normalized spacial score (nSPS) is 15.0. The van der Waals surface area contributed by atoms with Crippen molar-refractivity contribution in [3.63, 3.8) is 0 Å². The number of imidazole rings is 1. The van der Waals surface area contributed by atoms with Crippen LogP contribution >= 0.6 is 0 Å². The van der Waals surface area contributed by atoms with E-state index in [0.29, 0.717) is 43.8 Å². The Balaban J connectivity index is 1.26. The molecule has 32 heavy (non-hydrogen) atoms. The van der Waals surface area contributed by atoms with Crippen molar-refractivity contribution in [3.8, 4) is 5.75 Å². The lowest BCUT2D eigenvalue weighted by atomic mass is 10.0. The van der Waals surface area contributed by atoms with Gasteiger partial charge in [-0.25, -0.2) is 4.98 Å². The summed E-state index contributed by atoms with van der Waals surface area (Å²) < 4.78 is 7.94. The van der Waals surface area contributed by atoms with Gasteiger partial charge in [-0.05, 0) is 55.8 Å². The Bertz CT molecular complexity index is 1090. The van der Waals surface area contributed by atoms with E-state index in [0.717, 1.165) is 11.2 Å². The quantitative estimate of drug-likeness (QED) is 0.619. The van der Waals surface area contributed by atoms with Crippen molar-refractivity contribution < 1.29 is 19.4 Å². The predicted octanol–water partition coefficient (Wildman–Crippen LogP) is 2.40. The number of fused-ring (bicyclic) bond motifs is 1. The van der Waals surface area contributed by atoms with Crippen LogP contribution in [-0.4, -0.2) is 56.0 Å². The summed E-state index contributed by atoms with van der Waals surface area (Å²) in [6, 6.07) is 11.0. The van der Waals surface area contributed by atoms with Gasteiger partial charge in [-0.3, -0.25) is 9.59 Å². The Labute approximate surface area is 186 Å². The van der Waals surface area contributed by atoms with E-state index >= 15 is 0 Å². The lowest BCUT2D eigenvalue weighted by molar-refractivity contribution is -0.149. The summed E-state index contributed by atoms with van der Waals surface area (Å²) in [6.45, 7) is 4.54. The topological polar surface area (TPSA) is 96.2 Å². The number of piperidine rings is 1. The number of nitrogens with zero attached hydrogens (tertiary/aromatic N) is 3. The third kappa shape index (κ3) is 5.08. The van der Waals surface area contributed by atoms with Crippen molar-refractivity contribution in [2.24, 2.45) is 0 Å². The van der Waals surface area contributed by atoms with Gasteiger partial charge in [-0.1, -0.05) is 0 Å². The molecule has 3 heterocycles. The summed E-state index contributed by atoms with van der Waals surface area (Å²) in [7, 11) is 0. The van der Waals surface area contributed by atoms with E-state index in [2.05, 4.69) is 10.3 Å². The number of hydrogen-bond acceptors (Lipinski definition) is 5. The van der Waals surface area contributed by atoms with Crippen LogP contribution in [0, 0.1) is 0 Å². The van der Waals surface area contributed by atoms with Crippen LogP contribution in [0.15, 0.2) is 55.0 Å². The number of carbonyl (C=O) groups excluding carboxylic acids is 2. The summed E-state index contributed by atoms with van der Waals surface area (Å²) in [4.78, 5) is 30.6.